The Morgan fingerprint density at radius 2 is 1.53 bits per heavy atom. The van der Waals surface area contributed by atoms with Gasteiger partial charge in [0.2, 0.25) is 0 Å². The number of nitrogens with one attached hydrogen (secondary N) is 1. The summed E-state index contributed by atoms with van der Waals surface area (Å²) in [4.78, 5) is 51.8. The number of esters is 1. The van der Waals surface area contributed by atoms with E-state index in [0.717, 1.165) is 10.5 Å². The fourth-order valence-electron chi connectivity index (χ4n) is 3.40. The number of carbonyl (C=O) groups excluding carboxylic acids is 4. The van der Waals surface area contributed by atoms with Gasteiger partial charge in [-0.2, -0.15) is 0 Å². The Morgan fingerprint density at radius 3 is 2.07 bits per heavy atom. The SMILES string of the molecule is Cc1cccc(NC(=O)[C@H](C)OC(=O)[C@@H](C(C)C)N2C(=O)c3ccccc3C2=O)c1. The topological polar surface area (TPSA) is 92.8 Å². The van der Waals surface area contributed by atoms with Crippen LogP contribution in [-0.2, 0) is 14.3 Å². The molecule has 2 atom stereocenters. The maximum atomic E-state index is 12.9. The second-order valence-corrected chi connectivity index (χ2v) is 7.65. The number of hydrogen-bond acceptors (Lipinski definition) is 5. The molecule has 7 nitrogen and oxygen atoms in total. The van der Waals surface area contributed by atoms with Crippen LogP contribution in [0.15, 0.2) is 48.5 Å². The molecule has 0 unspecified atom stereocenters. The number of anilines is 1. The average Bonchev–Trinajstić information content (AvgIpc) is 2.93. The van der Waals surface area contributed by atoms with Crippen LogP contribution in [0.5, 0.6) is 0 Å². The minimum absolute atomic E-state index is 0.256. The predicted molar refractivity (Wildman–Crippen MR) is 111 cm³/mol. The minimum atomic E-state index is -1.13. The molecule has 2 aromatic rings. The molecule has 3 rings (SSSR count). The van der Waals surface area contributed by atoms with Crippen LogP contribution in [0.25, 0.3) is 0 Å². The Morgan fingerprint density at radius 1 is 0.933 bits per heavy atom. The summed E-state index contributed by atoms with van der Waals surface area (Å²) in [5.41, 5.74) is 2.07. The van der Waals surface area contributed by atoms with Crippen LogP contribution in [0.3, 0.4) is 0 Å². The first-order valence-corrected chi connectivity index (χ1v) is 9.75. The van der Waals surface area contributed by atoms with Crippen LogP contribution in [0.1, 0.15) is 47.1 Å². The van der Waals surface area contributed by atoms with E-state index in [1.54, 1.807) is 56.3 Å². The quantitative estimate of drug-likeness (QED) is 0.585. The molecule has 1 aliphatic heterocycles. The van der Waals surface area contributed by atoms with Crippen LogP contribution in [0.4, 0.5) is 5.69 Å². The standard InChI is InChI=1S/C23H24N2O5/c1-13(2)19(25-21(27)17-10-5-6-11-18(17)22(25)28)23(29)30-15(4)20(26)24-16-9-7-8-14(3)12-16/h5-13,15,19H,1-4H3,(H,24,26)/t15-,19+/m0/s1. The Kier molecular flexibility index (Phi) is 6.01. The lowest BCUT2D eigenvalue weighted by atomic mass is 10.0. The normalized spacial score (nSPS) is 15.0. The molecule has 0 spiro atoms. The fraction of sp³-hybridized carbons (Fsp3) is 0.304. The third kappa shape index (κ3) is 4.10. The number of imide groups is 1. The smallest absolute Gasteiger partial charge is 0.330 e. The number of amides is 3. The van der Waals surface area contributed by atoms with E-state index < -0.39 is 41.8 Å². The van der Waals surface area contributed by atoms with Gasteiger partial charge in [0.25, 0.3) is 17.7 Å². The minimum Gasteiger partial charge on any atom is -0.451 e. The highest BCUT2D eigenvalue weighted by atomic mass is 16.5. The van der Waals surface area contributed by atoms with Crippen LogP contribution in [0, 0.1) is 12.8 Å². The number of rotatable bonds is 6. The first-order chi connectivity index (χ1) is 14.2. The van der Waals surface area contributed by atoms with Gasteiger partial charge in [0, 0.05) is 5.69 Å². The molecule has 156 valence electrons. The Labute approximate surface area is 175 Å². The lowest BCUT2D eigenvalue weighted by Crippen LogP contribution is -2.50. The summed E-state index contributed by atoms with van der Waals surface area (Å²) < 4.78 is 5.35. The zero-order valence-electron chi connectivity index (χ0n) is 17.3. The molecule has 7 heteroatoms. The molecule has 0 bridgehead atoms. The summed E-state index contributed by atoms with van der Waals surface area (Å²) in [5.74, 6) is -2.77. The summed E-state index contributed by atoms with van der Waals surface area (Å²) in [6, 6.07) is 12.5. The van der Waals surface area contributed by atoms with Gasteiger partial charge in [0.1, 0.15) is 6.04 Å². The van der Waals surface area contributed by atoms with Gasteiger partial charge in [-0.3, -0.25) is 19.3 Å². The van der Waals surface area contributed by atoms with E-state index in [2.05, 4.69) is 5.32 Å². The molecule has 3 amide bonds. The van der Waals surface area contributed by atoms with Crippen molar-refractivity contribution in [1.82, 2.24) is 4.90 Å². The maximum absolute atomic E-state index is 12.9. The first kappa shape index (κ1) is 21.2. The fourth-order valence-corrected chi connectivity index (χ4v) is 3.40. The van der Waals surface area contributed by atoms with Crippen molar-refractivity contribution in [2.24, 2.45) is 5.92 Å². The number of aryl methyl sites for hydroxylation is 1. The highest BCUT2D eigenvalue weighted by Crippen LogP contribution is 2.28. The zero-order valence-corrected chi connectivity index (χ0v) is 17.3. The van der Waals surface area contributed by atoms with E-state index >= 15 is 0 Å². The molecule has 2 aromatic carbocycles. The highest BCUT2D eigenvalue weighted by Gasteiger charge is 2.45. The summed E-state index contributed by atoms with van der Waals surface area (Å²) >= 11 is 0. The van der Waals surface area contributed by atoms with Gasteiger partial charge < -0.3 is 10.1 Å². The van der Waals surface area contributed by atoms with E-state index in [-0.39, 0.29) is 11.1 Å². The van der Waals surface area contributed by atoms with Crippen molar-refractivity contribution in [3.05, 3.63) is 65.2 Å². The van der Waals surface area contributed by atoms with Gasteiger partial charge in [-0.15, -0.1) is 0 Å². The van der Waals surface area contributed by atoms with Gasteiger partial charge in [-0.25, -0.2) is 4.79 Å². The molecule has 1 heterocycles. The molecule has 1 aliphatic rings. The largest absolute Gasteiger partial charge is 0.451 e. The van der Waals surface area contributed by atoms with Crippen LogP contribution in [-0.4, -0.2) is 40.7 Å². The summed E-state index contributed by atoms with van der Waals surface area (Å²) in [7, 11) is 0. The number of ether oxygens (including phenoxy) is 1. The Bertz CT molecular complexity index is 979. The molecular weight excluding hydrogens is 384 g/mol. The second kappa shape index (κ2) is 8.49. The van der Waals surface area contributed by atoms with E-state index in [0.29, 0.717) is 5.69 Å². The van der Waals surface area contributed by atoms with Crippen molar-refractivity contribution in [2.45, 2.75) is 39.8 Å². The molecule has 0 saturated carbocycles. The predicted octanol–water partition coefficient (Wildman–Crippen LogP) is 3.19. The number of benzene rings is 2. The van der Waals surface area contributed by atoms with Crippen molar-refractivity contribution in [3.63, 3.8) is 0 Å². The number of nitrogens with zero attached hydrogens (tertiary/aromatic N) is 1. The number of hydrogen-bond donors (Lipinski definition) is 1. The molecule has 0 aromatic heterocycles. The third-order valence-electron chi connectivity index (χ3n) is 4.92. The summed E-state index contributed by atoms with van der Waals surface area (Å²) in [6.45, 7) is 6.77. The van der Waals surface area contributed by atoms with Crippen LogP contribution < -0.4 is 5.32 Å². The van der Waals surface area contributed by atoms with E-state index in [1.165, 1.54) is 6.92 Å². The van der Waals surface area contributed by atoms with E-state index in [1.807, 2.05) is 13.0 Å². The van der Waals surface area contributed by atoms with Crippen molar-refractivity contribution >= 4 is 29.4 Å². The number of fused-ring (bicyclic) bond motifs is 1. The van der Waals surface area contributed by atoms with Crippen LogP contribution in [0.2, 0.25) is 0 Å². The lowest BCUT2D eigenvalue weighted by Gasteiger charge is -2.28. The molecular formula is C23H24N2O5. The van der Waals surface area contributed by atoms with Gasteiger partial charge in [-0.1, -0.05) is 38.1 Å². The number of carbonyl (C=O) groups is 4. The molecule has 0 radical (unpaired) electrons. The second-order valence-electron chi connectivity index (χ2n) is 7.65. The Balaban J connectivity index is 1.74. The highest BCUT2D eigenvalue weighted by molar-refractivity contribution is 6.22. The first-order valence-electron chi connectivity index (χ1n) is 9.75. The maximum Gasteiger partial charge on any atom is 0.330 e. The van der Waals surface area contributed by atoms with Crippen molar-refractivity contribution in [2.75, 3.05) is 5.32 Å². The van der Waals surface area contributed by atoms with Gasteiger partial charge in [0.05, 0.1) is 11.1 Å². The van der Waals surface area contributed by atoms with Gasteiger partial charge in [0.15, 0.2) is 6.10 Å². The van der Waals surface area contributed by atoms with Gasteiger partial charge >= 0.3 is 5.97 Å². The molecule has 0 fully saturated rings. The molecule has 0 aliphatic carbocycles. The molecule has 0 saturated heterocycles. The van der Waals surface area contributed by atoms with Crippen molar-refractivity contribution in [1.29, 1.82) is 0 Å². The van der Waals surface area contributed by atoms with E-state index in [9.17, 15) is 19.2 Å². The van der Waals surface area contributed by atoms with Crippen molar-refractivity contribution in [3.8, 4) is 0 Å². The van der Waals surface area contributed by atoms with Crippen LogP contribution >= 0.6 is 0 Å². The monoisotopic (exact) mass is 408 g/mol. The third-order valence-corrected chi connectivity index (χ3v) is 4.92. The molecule has 1 N–H and O–H groups in total. The summed E-state index contributed by atoms with van der Waals surface area (Å²) in [5, 5.41) is 2.69. The molecule has 30 heavy (non-hydrogen) atoms. The summed E-state index contributed by atoms with van der Waals surface area (Å²) in [6.07, 6.45) is -1.10. The Hall–Kier alpha value is -3.48. The van der Waals surface area contributed by atoms with E-state index in [4.69, 9.17) is 4.74 Å². The average molecular weight is 408 g/mol. The van der Waals surface area contributed by atoms with Gasteiger partial charge in [-0.05, 0) is 49.6 Å². The lowest BCUT2D eigenvalue weighted by molar-refractivity contribution is -0.158. The van der Waals surface area contributed by atoms with Crippen molar-refractivity contribution < 1.29 is 23.9 Å². The zero-order chi connectivity index (χ0) is 22.0.